The Bertz CT molecular complexity index is 840. The van der Waals surface area contributed by atoms with Gasteiger partial charge in [0.25, 0.3) is 0 Å². The van der Waals surface area contributed by atoms with E-state index in [1.165, 1.54) is 25.3 Å². The molecule has 0 aromatic heterocycles. The van der Waals surface area contributed by atoms with E-state index in [1.54, 1.807) is 6.07 Å². The molecule has 3 rings (SSSR count). The van der Waals surface area contributed by atoms with Gasteiger partial charge in [-0.1, -0.05) is 23.8 Å². The predicted octanol–water partition coefficient (Wildman–Crippen LogP) is 3.49. The maximum absolute atomic E-state index is 13.7. The van der Waals surface area contributed by atoms with E-state index in [-0.39, 0.29) is 17.3 Å². The molecule has 0 spiro atoms. The summed E-state index contributed by atoms with van der Waals surface area (Å²) in [5, 5.41) is 0. The van der Waals surface area contributed by atoms with Gasteiger partial charge in [0.15, 0.2) is 17.3 Å². The van der Waals surface area contributed by atoms with E-state index in [2.05, 4.69) is 4.99 Å². The molecule has 1 heterocycles. The van der Waals surface area contributed by atoms with Crippen molar-refractivity contribution in [2.24, 2.45) is 4.99 Å². The quantitative estimate of drug-likeness (QED) is 0.644. The number of cyclic esters (lactones) is 1. The van der Waals surface area contributed by atoms with Gasteiger partial charge in [0, 0.05) is 5.56 Å². The number of benzene rings is 2. The summed E-state index contributed by atoms with van der Waals surface area (Å²) < 4.78 is 23.8. The number of aryl methyl sites for hydroxylation is 1. The van der Waals surface area contributed by atoms with Crippen molar-refractivity contribution in [1.82, 2.24) is 0 Å². The number of esters is 1. The Balaban J connectivity index is 1.93. The lowest BCUT2D eigenvalue weighted by atomic mass is 10.1. The highest BCUT2D eigenvalue weighted by Gasteiger charge is 2.24. The number of aliphatic imine (C=N–C) groups is 1. The second-order valence-corrected chi connectivity index (χ2v) is 5.10. The Labute approximate surface area is 132 Å². The third kappa shape index (κ3) is 3.13. The number of hydrogen-bond donors (Lipinski definition) is 0. The lowest BCUT2D eigenvalue weighted by Crippen LogP contribution is -2.05. The molecule has 1 aliphatic rings. The highest BCUT2D eigenvalue weighted by Crippen LogP contribution is 2.22. The largest absolute Gasteiger partial charge is 0.494 e. The molecule has 116 valence electrons. The highest BCUT2D eigenvalue weighted by molar-refractivity contribution is 6.12. The van der Waals surface area contributed by atoms with Gasteiger partial charge < -0.3 is 9.47 Å². The maximum Gasteiger partial charge on any atom is 0.363 e. The van der Waals surface area contributed by atoms with Crippen molar-refractivity contribution in [2.75, 3.05) is 7.11 Å². The lowest BCUT2D eigenvalue weighted by Gasteiger charge is -2.01. The lowest BCUT2D eigenvalue weighted by molar-refractivity contribution is -0.129. The average Bonchev–Trinajstić information content (AvgIpc) is 2.89. The van der Waals surface area contributed by atoms with Crippen molar-refractivity contribution in [3.8, 4) is 5.75 Å². The first-order valence-corrected chi connectivity index (χ1v) is 7.00. The van der Waals surface area contributed by atoms with Crippen LogP contribution in [0, 0.1) is 12.7 Å². The molecule has 5 heteroatoms. The molecule has 0 amide bonds. The zero-order chi connectivity index (χ0) is 16.4. The van der Waals surface area contributed by atoms with Crippen LogP contribution in [0.2, 0.25) is 0 Å². The van der Waals surface area contributed by atoms with E-state index < -0.39 is 11.8 Å². The predicted molar refractivity (Wildman–Crippen MR) is 84.7 cm³/mol. The molecule has 0 fully saturated rings. The number of ether oxygens (including phenoxy) is 2. The van der Waals surface area contributed by atoms with Crippen LogP contribution in [0.25, 0.3) is 6.08 Å². The maximum atomic E-state index is 13.7. The molecule has 0 aliphatic carbocycles. The molecule has 23 heavy (non-hydrogen) atoms. The molecule has 0 radical (unpaired) electrons. The topological polar surface area (TPSA) is 47.9 Å². The van der Waals surface area contributed by atoms with Crippen LogP contribution < -0.4 is 4.74 Å². The normalized spacial score (nSPS) is 15.5. The van der Waals surface area contributed by atoms with Gasteiger partial charge in [-0.05, 0) is 42.8 Å². The highest BCUT2D eigenvalue weighted by atomic mass is 19.1. The fraction of sp³-hybridized carbons (Fsp3) is 0.111. The fourth-order valence-corrected chi connectivity index (χ4v) is 2.24. The van der Waals surface area contributed by atoms with Crippen LogP contribution >= 0.6 is 0 Å². The van der Waals surface area contributed by atoms with E-state index in [4.69, 9.17) is 9.47 Å². The van der Waals surface area contributed by atoms with Crippen molar-refractivity contribution < 1.29 is 18.7 Å². The first-order chi connectivity index (χ1) is 11.1. The van der Waals surface area contributed by atoms with Crippen LogP contribution in [-0.2, 0) is 9.53 Å². The summed E-state index contributed by atoms with van der Waals surface area (Å²) in [6, 6.07) is 11.9. The van der Waals surface area contributed by atoms with E-state index in [9.17, 15) is 9.18 Å². The molecule has 2 aromatic carbocycles. The van der Waals surface area contributed by atoms with Crippen LogP contribution in [0.3, 0.4) is 0 Å². The molecule has 0 saturated heterocycles. The van der Waals surface area contributed by atoms with Gasteiger partial charge in [-0.25, -0.2) is 14.2 Å². The Morgan fingerprint density at radius 1 is 1.22 bits per heavy atom. The number of rotatable bonds is 3. The van der Waals surface area contributed by atoms with Gasteiger partial charge in [-0.3, -0.25) is 0 Å². The molecular formula is C18H14FNO3. The number of methoxy groups -OCH3 is 1. The van der Waals surface area contributed by atoms with Crippen LogP contribution in [-0.4, -0.2) is 19.0 Å². The van der Waals surface area contributed by atoms with Gasteiger partial charge in [-0.15, -0.1) is 0 Å². The molecule has 1 aliphatic heterocycles. The number of hydrogen-bond acceptors (Lipinski definition) is 4. The summed E-state index contributed by atoms with van der Waals surface area (Å²) in [6.07, 6.45) is 1.48. The van der Waals surface area contributed by atoms with Gasteiger partial charge in [0.1, 0.15) is 0 Å². The van der Waals surface area contributed by atoms with E-state index >= 15 is 0 Å². The molecule has 0 unspecified atom stereocenters. The van der Waals surface area contributed by atoms with Gasteiger partial charge in [0.05, 0.1) is 7.11 Å². The monoisotopic (exact) mass is 311 g/mol. The summed E-state index contributed by atoms with van der Waals surface area (Å²) in [7, 11) is 1.39. The third-order valence-electron chi connectivity index (χ3n) is 3.36. The number of nitrogens with zero attached hydrogens (tertiary/aromatic N) is 1. The Morgan fingerprint density at radius 3 is 2.74 bits per heavy atom. The second kappa shape index (κ2) is 6.04. The van der Waals surface area contributed by atoms with E-state index in [1.807, 2.05) is 31.2 Å². The van der Waals surface area contributed by atoms with Crippen LogP contribution in [0.1, 0.15) is 16.7 Å². The molecule has 2 aromatic rings. The van der Waals surface area contributed by atoms with Crippen molar-refractivity contribution in [2.45, 2.75) is 6.92 Å². The number of carbonyl (C=O) groups is 1. The fourth-order valence-electron chi connectivity index (χ4n) is 2.24. The minimum Gasteiger partial charge on any atom is -0.494 e. The van der Waals surface area contributed by atoms with Gasteiger partial charge in [0.2, 0.25) is 5.90 Å². The first kappa shape index (κ1) is 15.0. The molecular weight excluding hydrogens is 297 g/mol. The van der Waals surface area contributed by atoms with Gasteiger partial charge >= 0.3 is 5.97 Å². The Hall–Kier alpha value is -2.95. The smallest absolute Gasteiger partial charge is 0.363 e. The van der Waals surface area contributed by atoms with E-state index in [0.717, 1.165) is 11.1 Å². The summed E-state index contributed by atoms with van der Waals surface area (Å²) in [4.78, 5) is 16.1. The zero-order valence-electron chi connectivity index (χ0n) is 12.7. The van der Waals surface area contributed by atoms with Crippen molar-refractivity contribution >= 4 is 17.9 Å². The standard InChI is InChI=1S/C18H14FNO3/c1-11-4-3-5-13(8-11)17-20-15(18(21)23-17)10-12-6-7-16(22-2)14(19)9-12/h3-10H,1-2H3/b15-10+. The van der Waals surface area contributed by atoms with Crippen LogP contribution in [0.5, 0.6) is 5.75 Å². The van der Waals surface area contributed by atoms with Crippen molar-refractivity contribution in [3.05, 3.63) is 70.7 Å². The molecule has 0 saturated carbocycles. The summed E-state index contributed by atoms with van der Waals surface area (Å²) >= 11 is 0. The van der Waals surface area contributed by atoms with Crippen molar-refractivity contribution in [3.63, 3.8) is 0 Å². The third-order valence-corrected chi connectivity index (χ3v) is 3.36. The molecule has 0 atom stereocenters. The number of carbonyl (C=O) groups excluding carboxylic acids is 1. The first-order valence-electron chi connectivity index (χ1n) is 7.00. The van der Waals surface area contributed by atoms with Crippen LogP contribution in [0.4, 0.5) is 4.39 Å². The van der Waals surface area contributed by atoms with Crippen LogP contribution in [0.15, 0.2) is 53.2 Å². The van der Waals surface area contributed by atoms with Crippen molar-refractivity contribution in [1.29, 1.82) is 0 Å². The Kier molecular flexibility index (Phi) is 3.93. The zero-order valence-corrected chi connectivity index (χ0v) is 12.7. The Morgan fingerprint density at radius 2 is 2.04 bits per heavy atom. The number of halogens is 1. The molecule has 0 N–H and O–H groups in total. The molecule has 0 bridgehead atoms. The summed E-state index contributed by atoms with van der Waals surface area (Å²) in [5.41, 5.74) is 2.40. The average molecular weight is 311 g/mol. The molecule has 4 nitrogen and oxygen atoms in total. The summed E-state index contributed by atoms with van der Waals surface area (Å²) in [6.45, 7) is 1.94. The van der Waals surface area contributed by atoms with Gasteiger partial charge in [-0.2, -0.15) is 0 Å². The van der Waals surface area contributed by atoms with E-state index in [0.29, 0.717) is 5.56 Å². The SMILES string of the molecule is COc1ccc(/C=C2/N=C(c3cccc(C)c3)OC2=O)cc1F. The second-order valence-electron chi connectivity index (χ2n) is 5.10. The minimum absolute atomic E-state index is 0.131. The minimum atomic E-state index is -0.558. The summed E-state index contributed by atoms with van der Waals surface area (Å²) in [5.74, 6) is -0.669.